The van der Waals surface area contributed by atoms with Gasteiger partial charge in [-0.3, -0.25) is 9.80 Å². The van der Waals surface area contributed by atoms with Crippen LogP contribution in [-0.2, 0) is 0 Å². The molecule has 3 aliphatic rings. The minimum Gasteiger partial charge on any atom is -0.302 e. The largest absolute Gasteiger partial charge is 0.302 e. The van der Waals surface area contributed by atoms with Crippen molar-refractivity contribution in [3.63, 3.8) is 0 Å². The monoisotopic (exact) mass is 290 g/mol. The fourth-order valence-corrected chi connectivity index (χ4v) is 4.68. The van der Waals surface area contributed by atoms with E-state index in [0.717, 1.165) is 18.9 Å². The molecular formula is C17H30N4. The van der Waals surface area contributed by atoms with Crippen LogP contribution in [0.2, 0.25) is 0 Å². The van der Waals surface area contributed by atoms with Crippen molar-refractivity contribution in [3.8, 4) is 6.07 Å². The van der Waals surface area contributed by atoms with E-state index in [9.17, 15) is 5.26 Å². The third-order valence-electron chi connectivity index (χ3n) is 6.12. The first-order valence-electron chi connectivity index (χ1n) is 8.85. The smallest absolute Gasteiger partial charge is 0.108 e. The Balaban J connectivity index is 1.53. The van der Waals surface area contributed by atoms with Crippen LogP contribution in [0.25, 0.3) is 0 Å². The van der Waals surface area contributed by atoms with E-state index < -0.39 is 0 Å². The third kappa shape index (κ3) is 3.26. The van der Waals surface area contributed by atoms with Gasteiger partial charge in [-0.2, -0.15) is 5.26 Å². The second-order valence-electron chi connectivity index (χ2n) is 7.20. The molecule has 118 valence electrons. The van der Waals surface area contributed by atoms with Gasteiger partial charge in [0.25, 0.3) is 0 Å². The average molecular weight is 290 g/mol. The van der Waals surface area contributed by atoms with Crippen molar-refractivity contribution in [2.45, 2.75) is 69.0 Å². The summed E-state index contributed by atoms with van der Waals surface area (Å²) in [5.74, 6) is 0. The van der Waals surface area contributed by atoms with Gasteiger partial charge >= 0.3 is 0 Å². The Morgan fingerprint density at radius 3 is 2.10 bits per heavy atom. The molecule has 0 aromatic carbocycles. The summed E-state index contributed by atoms with van der Waals surface area (Å²) in [6, 6.07) is 4.02. The molecule has 2 atom stereocenters. The van der Waals surface area contributed by atoms with Gasteiger partial charge in [0.05, 0.1) is 6.07 Å². The van der Waals surface area contributed by atoms with E-state index in [2.05, 4.69) is 21.2 Å². The predicted octanol–water partition coefficient (Wildman–Crippen LogP) is 1.97. The van der Waals surface area contributed by atoms with Crippen LogP contribution in [0, 0.1) is 11.3 Å². The minimum absolute atomic E-state index is 0.272. The average Bonchev–Trinajstić information content (AvgIpc) is 3.09. The Morgan fingerprint density at radius 2 is 1.52 bits per heavy atom. The summed E-state index contributed by atoms with van der Waals surface area (Å²) in [4.78, 5) is 5.38. The van der Waals surface area contributed by atoms with Crippen molar-refractivity contribution in [1.82, 2.24) is 15.1 Å². The number of hydrogen-bond acceptors (Lipinski definition) is 4. The number of rotatable bonds is 3. The van der Waals surface area contributed by atoms with E-state index in [1.807, 2.05) is 7.05 Å². The molecule has 0 bridgehead atoms. The van der Waals surface area contributed by atoms with Crippen molar-refractivity contribution in [2.75, 3.05) is 33.2 Å². The van der Waals surface area contributed by atoms with Crippen LogP contribution in [-0.4, -0.2) is 60.6 Å². The van der Waals surface area contributed by atoms with Crippen molar-refractivity contribution in [2.24, 2.45) is 0 Å². The second-order valence-corrected chi connectivity index (χ2v) is 7.20. The summed E-state index contributed by atoms with van der Waals surface area (Å²) in [7, 11) is 1.95. The van der Waals surface area contributed by atoms with Crippen molar-refractivity contribution < 1.29 is 0 Å². The number of nitrogens with zero attached hydrogens (tertiary/aromatic N) is 3. The topological polar surface area (TPSA) is 42.3 Å². The Labute approximate surface area is 129 Å². The molecule has 4 nitrogen and oxygen atoms in total. The van der Waals surface area contributed by atoms with Crippen molar-refractivity contribution in [1.29, 1.82) is 5.26 Å². The molecule has 0 radical (unpaired) electrons. The first kappa shape index (κ1) is 15.3. The van der Waals surface area contributed by atoms with Gasteiger partial charge in [-0.15, -0.1) is 0 Å². The van der Waals surface area contributed by atoms with E-state index in [0.29, 0.717) is 6.04 Å². The SMILES string of the molecule is CNC1(C#N)CCCC(N2CCN(C3CCCC3)CC2)C1. The standard InChI is InChI=1S/C17H30N4/c1-19-17(14-18)8-4-7-16(13-17)21-11-9-20(10-12-21)15-5-2-3-6-15/h15-16,19H,2-13H2,1H3. The molecule has 2 unspecified atom stereocenters. The number of hydrogen-bond donors (Lipinski definition) is 1. The quantitative estimate of drug-likeness (QED) is 0.863. The summed E-state index contributed by atoms with van der Waals surface area (Å²) >= 11 is 0. The van der Waals surface area contributed by atoms with Crippen LogP contribution in [0.5, 0.6) is 0 Å². The molecule has 1 aliphatic heterocycles. The number of nitrogens with one attached hydrogen (secondary N) is 1. The van der Waals surface area contributed by atoms with Crippen LogP contribution < -0.4 is 5.32 Å². The van der Waals surface area contributed by atoms with Crippen molar-refractivity contribution in [3.05, 3.63) is 0 Å². The lowest BCUT2D eigenvalue weighted by Gasteiger charge is -2.45. The predicted molar refractivity (Wildman–Crippen MR) is 85.1 cm³/mol. The minimum atomic E-state index is -0.272. The van der Waals surface area contributed by atoms with Gasteiger partial charge in [-0.25, -0.2) is 0 Å². The van der Waals surface area contributed by atoms with E-state index in [-0.39, 0.29) is 5.54 Å². The molecule has 0 amide bonds. The summed E-state index contributed by atoms with van der Waals surface area (Å²) in [5.41, 5.74) is -0.272. The lowest BCUT2D eigenvalue weighted by Crippen LogP contribution is -2.57. The van der Waals surface area contributed by atoms with Crippen molar-refractivity contribution >= 4 is 0 Å². The van der Waals surface area contributed by atoms with Gasteiger partial charge in [0.15, 0.2) is 0 Å². The van der Waals surface area contributed by atoms with E-state index in [4.69, 9.17) is 0 Å². The van der Waals surface area contributed by atoms with Gasteiger partial charge in [-0.1, -0.05) is 12.8 Å². The molecule has 2 aliphatic carbocycles. The first-order chi connectivity index (χ1) is 10.3. The maximum Gasteiger partial charge on any atom is 0.108 e. The highest BCUT2D eigenvalue weighted by molar-refractivity contribution is 5.10. The van der Waals surface area contributed by atoms with E-state index in [1.54, 1.807) is 0 Å². The summed E-state index contributed by atoms with van der Waals surface area (Å²) in [5, 5.41) is 12.8. The summed E-state index contributed by atoms with van der Waals surface area (Å²) < 4.78 is 0. The zero-order chi connectivity index (χ0) is 14.7. The molecule has 4 heteroatoms. The van der Waals surface area contributed by atoms with Crippen LogP contribution >= 0.6 is 0 Å². The molecule has 1 heterocycles. The highest BCUT2D eigenvalue weighted by Crippen LogP contribution is 2.32. The number of nitriles is 1. The lowest BCUT2D eigenvalue weighted by atomic mass is 9.79. The molecule has 3 fully saturated rings. The zero-order valence-electron chi connectivity index (χ0n) is 13.5. The van der Waals surface area contributed by atoms with E-state index in [1.165, 1.54) is 64.7 Å². The van der Waals surface area contributed by atoms with Crippen LogP contribution in [0.15, 0.2) is 0 Å². The molecule has 3 rings (SSSR count). The molecule has 0 aromatic heterocycles. The van der Waals surface area contributed by atoms with E-state index >= 15 is 0 Å². The Morgan fingerprint density at radius 1 is 0.952 bits per heavy atom. The highest BCUT2D eigenvalue weighted by Gasteiger charge is 2.38. The summed E-state index contributed by atoms with van der Waals surface area (Å²) in [6.07, 6.45) is 10.2. The number of piperazine rings is 1. The zero-order valence-corrected chi connectivity index (χ0v) is 13.5. The van der Waals surface area contributed by atoms with Gasteiger partial charge in [0, 0.05) is 38.3 Å². The van der Waals surface area contributed by atoms with Crippen LogP contribution in [0.3, 0.4) is 0 Å². The van der Waals surface area contributed by atoms with Gasteiger partial charge in [0.1, 0.15) is 5.54 Å². The molecule has 1 saturated heterocycles. The lowest BCUT2D eigenvalue weighted by molar-refractivity contribution is 0.0467. The normalized spacial score (nSPS) is 36.7. The van der Waals surface area contributed by atoms with Crippen LogP contribution in [0.4, 0.5) is 0 Å². The maximum absolute atomic E-state index is 9.50. The molecule has 1 N–H and O–H groups in total. The first-order valence-corrected chi connectivity index (χ1v) is 8.85. The van der Waals surface area contributed by atoms with Crippen LogP contribution in [0.1, 0.15) is 51.4 Å². The molecule has 21 heavy (non-hydrogen) atoms. The van der Waals surface area contributed by atoms with Gasteiger partial charge in [0.2, 0.25) is 0 Å². The molecule has 0 aromatic rings. The van der Waals surface area contributed by atoms with Gasteiger partial charge in [-0.05, 0) is 45.6 Å². The fraction of sp³-hybridized carbons (Fsp3) is 0.941. The molecule has 2 saturated carbocycles. The molecular weight excluding hydrogens is 260 g/mol. The second kappa shape index (κ2) is 6.64. The molecule has 0 spiro atoms. The maximum atomic E-state index is 9.50. The Bertz CT molecular complexity index is 377. The highest BCUT2D eigenvalue weighted by atomic mass is 15.3. The van der Waals surface area contributed by atoms with Gasteiger partial charge < -0.3 is 5.32 Å². The summed E-state index contributed by atoms with van der Waals surface area (Å²) in [6.45, 7) is 4.87. The third-order valence-corrected chi connectivity index (χ3v) is 6.12. The Hall–Kier alpha value is -0.630. The fourth-order valence-electron chi connectivity index (χ4n) is 4.68. The Kier molecular flexibility index (Phi) is 4.83.